The van der Waals surface area contributed by atoms with E-state index in [1.807, 2.05) is 6.07 Å². The largest absolute Gasteiger partial charge is 0.399 e. The zero-order chi connectivity index (χ0) is 27.7. The van der Waals surface area contributed by atoms with Crippen LogP contribution in [0.1, 0.15) is 25.0 Å². The molecular weight excluding hydrogens is 496 g/mol. The molecule has 0 spiro atoms. The Kier molecular flexibility index (Phi) is 5.05. The van der Waals surface area contributed by atoms with Crippen molar-refractivity contribution in [2.24, 2.45) is 0 Å². The molecule has 0 aromatic heterocycles. The molecule has 2 N–H and O–H groups in total. The minimum Gasteiger partial charge on any atom is -0.399 e. The van der Waals surface area contributed by atoms with Gasteiger partial charge in [0.1, 0.15) is 0 Å². The lowest BCUT2D eigenvalue weighted by Crippen LogP contribution is -2.17. The van der Waals surface area contributed by atoms with Crippen molar-refractivity contribution in [2.75, 3.05) is 10.6 Å². The molecular formula is C39H30N2. The molecule has 2 heteroatoms. The van der Waals surface area contributed by atoms with E-state index in [-0.39, 0.29) is 5.41 Å². The highest BCUT2D eigenvalue weighted by atomic mass is 15.1. The van der Waals surface area contributed by atoms with Crippen LogP contribution >= 0.6 is 0 Å². The number of hydrogen-bond donors (Lipinski definition) is 1. The van der Waals surface area contributed by atoms with E-state index in [4.69, 9.17) is 5.73 Å². The third-order valence-corrected chi connectivity index (χ3v) is 8.90. The molecule has 0 bridgehead atoms. The number of nitrogens with zero attached hydrogens (tertiary/aromatic N) is 1. The van der Waals surface area contributed by atoms with Crippen molar-refractivity contribution < 1.29 is 0 Å². The van der Waals surface area contributed by atoms with Gasteiger partial charge >= 0.3 is 0 Å². The van der Waals surface area contributed by atoms with Gasteiger partial charge in [0.15, 0.2) is 0 Å². The van der Waals surface area contributed by atoms with E-state index in [0.717, 1.165) is 17.1 Å². The van der Waals surface area contributed by atoms with Crippen LogP contribution in [0.25, 0.3) is 43.4 Å². The summed E-state index contributed by atoms with van der Waals surface area (Å²) in [5, 5.41) is 7.39. The van der Waals surface area contributed by atoms with Crippen LogP contribution in [0.5, 0.6) is 0 Å². The van der Waals surface area contributed by atoms with Gasteiger partial charge in [0.2, 0.25) is 0 Å². The smallest absolute Gasteiger partial charge is 0.0618 e. The van der Waals surface area contributed by atoms with Gasteiger partial charge < -0.3 is 10.6 Å². The second-order valence-electron chi connectivity index (χ2n) is 11.7. The zero-order valence-corrected chi connectivity index (χ0v) is 23.2. The maximum atomic E-state index is 6.26. The average Bonchev–Trinajstić information content (AvgIpc) is 3.22. The van der Waals surface area contributed by atoms with Crippen LogP contribution < -0.4 is 10.6 Å². The SMILES string of the molecule is CC1(C)c2cc(N)ccc2-c2ccc(N(c3ccc4ccccc4c3)c3c4ccccc4cc4ccccc34)cc21. The van der Waals surface area contributed by atoms with Gasteiger partial charge in [-0.3, -0.25) is 0 Å². The van der Waals surface area contributed by atoms with Crippen LogP contribution in [0.15, 0.2) is 133 Å². The van der Waals surface area contributed by atoms with Gasteiger partial charge in [0, 0.05) is 33.2 Å². The lowest BCUT2D eigenvalue weighted by molar-refractivity contribution is 0.661. The topological polar surface area (TPSA) is 29.3 Å². The van der Waals surface area contributed by atoms with Crippen LogP contribution in [0.4, 0.5) is 22.7 Å². The number of rotatable bonds is 3. The summed E-state index contributed by atoms with van der Waals surface area (Å²) in [5.74, 6) is 0. The van der Waals surface area contributed by atoms with Crippen molar-refractivity contribution >= 4 is 55.1 Å². The van der Waals surface area contributed by atoms with Crippen molar-refractivity contribution in [2.45, 2.75) is 19.3 Å². The number of nitrogens with two attached hydrogens (primary N) is 1. The molecule has 0 fully saturated rings. The van der Waals surface area contributed by atoms with E-state index in [0.29, 0.717) is 0 Å². The van der Waals surface area contributed by atoms with Crippen LogP contribution in [0, 0.1) is 0 Å². The monoisotopic (exact) mass is 526 g/mol. The normalized spacial score (nSPS) is 13.4. The fourth-order valence-corrected chi connectivity index (χ4v) is 6.84. The molecule has 7 aromatic rings. The molecule has 0 amide bonds. The second-order valence-corrected chi connectivity index (χ2v) is 11.7. The quantitative estimate of drug-likeness (QED) is 0.183. The Labute approximate surface area is 240 Å². The van der Waals surface area contributed by atoms with Gasteiger partial charge in [0.05, 0.1) is 5.69 Å². The summed E-state index contributed by atoms with van der Waals surface area (Å²) in [6, 6.07) is 48.5. The lowest BCUT2D eigenvalue weighted by atomic mass is 9.82. The second kappa shape index (κ2) is 8.71. The number of hydrogen-bond acceptors (Lipinski definition) is 2. The standard InChI is InChI=1S/C39H30N2/c1-39(2)36-23-29(40)16-19-34(36)35-20-18-31(24-37(35)39)41(30-17-15-25-9-3-4-10-26(25)22-30)38-32-13-7-5-11-27(32)21-28-12-6-8-14-33(28)38/h3-24H,40H2,1-2H3. The minimum atomic E-state index is -0.161. The minimum absolute atomic E-state index is 0.161. The fraction of sp³-hybridized carbons (Fsp3) is 0.0769. The van der Waals surface area contributed by atoms with E-state index in [1.165, 1.54) is 60.3 Å². The van der Waals surface area contributed by atoms with Crippen LogP contribution in [-0.2, 0) is 5.41 Å². The molecule has 196 valence electrons. The highest BCUT2D eigenvalue weighted by Crippen LogP contribution is 2.52. The Morgan fingerprint density at radius 3 is 1.73 bits per heavy atom. The first-order valence-electron chi connectivity index (χ1n) is 14.2. The number of anilines is 4. The van der Waals surface area contributed by atoms with Gasteiger partial charge in [-0.25, -0.2) is 0 Å². The molecule has 41 heavy (non-hydrogen) atoms. The third kappa shape index (κ3) is 3.57. The van der Waals surface area contributed by atoms with Crippen LogP contribution in [0.3, 0.4) is 0 Å². The summed E-state index contributed by atoms with van der Waals surface area (Å²) in [4.78, 5) is 2.46. The lowest BCUT2D eigenvalue weighted by Gasteiger charge is -2.30. The summed E-state index contributed by atoms with van der Waals surface area (Å²) >= 11 is 0. The summed E-state index contributed by atoms with van der Waals surface area (Å²) in [6.45, 7) is 4.63. The summed E-state index contributed by atoms with van der Waals surface area (Å²) < 4.78 is 0. The Balaban J connectivity index is 1.45. The van der Waals surface area contributed by atoms with Gasteiger partial charge in [-0.1, -0.05) is 105 Å². The van der Waals surface area contributed by atoms with Crippen molar-refractivity contribution in [3.8, 4) is 11.1 Å². The highest BCUT2D eigenvalue weighted by molar-refractivity contribution is 6.14. The fourth-order valence-electron chi connectivity index (χ4n) is 6.84. The average molecular weight is 527 g/mol. The molecule has 0 radical (unpaired) electrons. The van der Waals surface area contributed by atoms with E-state index < -0.39 is 0 Å². The molecule has 0 unspecified atom stereocenters. The summed E-state index contributed by atoms with van der Waals surface area (Å²) in [7, 11) is 0. The van der Waals surface area contributed by atoms with Gasteiger partial charge in [-0.2, -0.15) is 0 Å². The first-order valence-corrected chi connectivity index (χ1v) is 14.2. The summed E-state index contributed by atoms with van der Waals surface area (Å²) in [5.41, 5.74) is 15.6. The molecule has 0 atom stereocenters. The molecule has 0 aliphatic heterocycles. The molecule has 7 aromatic carbocycles. The number of fused-ring (bicyclic) bond motifs is 6. The van der Waals surface area contributed by atoms with Crippen molar-refractivity contribution in [1.29, 1.82) is 0 Å². The Morgan fingerprint density at radius 1 is 0.488 bits per heavy atom. The van der Waals surface area contributed by atoms with Gasteiger partial charge in [-0.05, 0) is 86.3 Å². The van der Waals surface area contributed by atoms with E-state index in [9.17, 15) is 0 Å². The van der Waals surface area contributed by atoms with E-state index >= 15 is 0 Å². The van der Waals surface area contributed by atoms with Gasteiger partial charge in [0.25, 0.3) is 0 Å². The molecule has 0 saturated heterocycles. The molecule has 8 rings (SSSR count). The highest BCUT2D eigenvalue weighted by Gasteiger charge is 2.36. The Morgan fingerprint density at radius 2 is 1.02 bits per heavy atom. The molecule has 1 aliphatic rings. The van der Waals surface area contributed by atoms with Crippen molar-refractivity contribution in [1.82, 2.24) is 0 Å². The molecule has 0 heterocycles. The van der Waals surface area contributed by atoms with Crippen molar-refractivity contribution in [3.63, 3.8) is 0 Å². The third-order valence-electron chi connectivity index (χ3n) is 8.90. The maximum Gasteiger partial charge on any atom is 0.0618 e. The predicted molar refractivity (Wildman–Crippen MR) is 176 cm³/mol. The van der Waals surface area contributed by atoms with Crippen LogP contribution in [0.2, 0.25) is 0 Å². The summed E-state index contributed by atoms with van der Waals surface area (Å²) in [6.07, 6.45) is 0. The first-order chi connectivity index (χ1) is 20.0. The molecule has 0 saturated carbocycles. The zero-order valence-electron chi connectivity index (χ0n) is 23.2. The Hall–Kier alpha value is -5.08. The molecule has 1 aliphatic carbocycles. The predicted octanol–water partition coefficient (Wildman–Crippen LogP) is 10.5. The van der Waals surface area contributed by atoms with Gasteiger partial charge in [-0.15, -0.1) is 0 Å². The van der Waals surface area contributed by atoms with Crippen LogP contribution in [-0.4, -0.2) is 0 Å². The number of nitrogen functional groups attached to an aromatic ring is 1. The van der Waals surface area contributed by atoms with E-state index in [2.05, 4.69) is 146 Å². The Bertz CT molecular complexity index is 2100. The maximum absolute atomic E-state index is 6.26. The van der Waals surface area contributed by atoms with E-state index in [1.54, 1.807) is 0 Å². The molecule has 2 nitrogen and oxygen atoms in total. The number of benzene rings is 7. The van der Waals surface area contributed by atoms with Crippen molar-refractivity contribution in [3.05, 3.63) is 145 Å². The first kappa shape index (κ1) is 23.8.